The van der Waals surface area contributed by atoms with E-state index in [0.717, 1.165) is 4.90 Å². The molecular weight excluding hydrogens is 360 g/mol. The minimum atomic E-state index is 0.276. The van der Waals surface area contributed by atoms with Crippen LogP contribution < -0.4 is 9.46 Å². The summed E-state index contributed by atoms with van der Waals surface area (Å²) in [5.74, 6) is 3.49. The van der Waals surface area contributed by atoms with Crippen LogP contribution in [-0.2, 0) is 0 Å². The van der Waals surface area contributed by atoms with Crippen LogP contribution >= 0.6 is 11.9 Å². The molecule has 0 bridgehead atoms. The Morgan fingerprint density at radius 1 is 1.37 bits per heavy atom. The lowest BCUT2D eigenvalue weighted by atomic mass is 10.1. The number of aromatic amines is 1. The Hall–Kier alpha value is -3.57. The van der Waals surface area contributed by atoms with Gasteiger partial charge in [-0.2, -0.15) is 0 Å². The minimum Gasteiger partial charge on any atom is -0.480 e. The molecule has 0 spiro atoms. The third-order valence-electron chi connectivity index (χ3n) is 3.43. The molecule has 8 heteroatoms. The van der Waals surface area contributed by atoms with Crippen LogP contribution in [0, 0.1) is 17.8 Å². The van der Waals surface area contributed by atoms with Crippen molar-refractivity contribution in [2.75, 3.05) is 11.8 Å². The van der Waals surface area contributed by atoms with E-state index in [9.17, 15) is 0 Å². The lowest BCUT2D eigenvalue weighted by molar-refractivity contribution is 0.400. The van der Waals surface area contributed by atoms with Crippen molar-refractivity contribution in [3.8, 4) is 18.2 Å². The number of rotatable bonds is 7. The maximum Gasteiger partial charge on any atom is 0.237 e. The van der Waals surface area contributed by atoms with Gasteiger partial charge in [-0.25, -0.2) is 9.97 Å². The maximum atomic E-state index is 8.26. The van der Waals surface area contributed by atoms with Gasteiger partial charge in [0.15, 0.2) is 0 Å². The molecule has 0 atom stereocenters. The van der Waals surface area contributed by atoms with Gasteiger partial charge in [-0.3, -0.25) is 4.98 Å². The molecule has 0 aliphatic carbocycles. The molecule has 0 fully saturated rings. The fraction of sp³-hybridized carbons (Fsp3) is 0.0526. The van der Waals surface area contributed by atoms with Crippen LogP contribution in [-0.4, -0.2) is 32.8 Å². The van der Waals surface area contributed by atoms with E-state index in [1.54, 1.807) is 50.1 Å². The molecule has 0 saturated heterocycles. The average molecular weight is 376 g/mol. The van der Waals surface area contributed by atoms with E-state index < -0.39 is 0 Å². The predicted molar refractivity (Wildman–Crippen MR) is 107 cm³/mol. The van der Waals surface area contributed by atoms with Gasteiger partial charge in [0.2, 0.25) is 5.88 Å². The molecule has 3 aromatic rings. The number of pyridine rings is 2. The summed E-state index contributed by atoms with van der Waals surface area (Å²) in [4.78, 5) is 16.4. The lowest BCUT2D eigenvalue weighted by Gasteiger charge is -2.11. The molecule has 0 saturated carbocycles. The second-order valence-corrected chi connectivity index (χ2v) is 6.13. The SMILES string of the molecule is C#Cc1cnc(/C=C\C(=N)c2cnc(OC)c(NSc3cccnc3)c2)[nH]1. The number of nitrogens with one attached hydrogen (secondary N) is 3. The Labute approximate surface area is 161 Å². The van der Waals surface area contributed by atoms with E-state index >= 15 is 0 Å². The van der Waals surface area contributed by atoms with E-state index in [0.29, 0.717) is 28.6 Å². The first-order valence-corrected chi connectivity index (χ1v) is 8.67. The summed E-state index contributed by atoms with van der Waals surface area (Å²) in [7, 11) is 1.55. The standard InChI is InChI=1S/C19H16N6OS/c1-3-14-11-22-18(24-14)7-6-16(20)13-9-17(19(26-2)23-10-13)25-27-15-5-4-8-21-12-15/h1,4-12,20,25H,2H3,(H,22,24)/b7-6-,20-16?. The van der Waals surface area contributed by atoms with E-state index in [2.05, 4.69) is 30.6 Å². The number of terminal acetylenes is 1. The van der Waals surface area contributed by atoms with Gasteiger partial charge in [-0.1, -0.05) is 5.92 Å². The van der Waals surface area contributed by atoms with Gasteiger partial charge in [0, 0.05) is 29.0 Å². The zero-order valence-corrected chi connectivity index (χ0v) is 15.2. The molecule has 134 valence electrons. The second kappa shape index (κ2) is 8.69. The fourth-order valence-electron chi connectivity index (χ4n) is 2.11. The molecule has 3 heterocycles. The van der Waals surface area contributed by atoms with Crippen molar-refractivity contribution in [1.82, 2.24) is 19.9 Å². The number of anilines is 1. The van der Waals surface area contributed by atoms with Crippen molar-refractivity contribution in [3.63, 3.8) is 0 Å². The van der Waals surface area contributed by atoms with Crippen molar-refractivity contribution in [2.45, 2.75) is 4.90 Å². The predicted octanol–water partition coefficient (Wildman–Crippen LogP) is 3.39. The second-order valence-electron chi connectivity index (χ2n) is 5.25. The van der Waals surface area contributed by atoms with Gasteiger partial charge < -0.3 is 19.9 Å². The zero-order valence-electron chi connectivity index (χ0n) is 14.4. The van der Waals surface area contributed by atoms with Crippen LogP contribution in [0.3, 0.4) is 0 Å². The molecule has 3 rings (SSSR count). The van der Waals surface area contributed by atoms with E-state index in [4.69, 9.17) is 16.6 Å². The Kier molecular flexibility index (Phi) is 5.87. The van der Waals surface area contributed by atoms with Gasteiger partial charge in [0.25, 0.3) is 0 Å². The van der Waals surface area contributed by atoms with Crippen LogP contribution in [0.5, 0.6) is 5.88 Å². The number of hydrogen-bond acceptors (Lipinski definition) is 7. The number of H-pyrrole nitrogens is 1. The Balaban J connectivity index is 1.75. The van der Waals surface area contributed by atoms with E-state index in [1.807, 2.05) is 12.1 Å². The third-order valence-corrected chi connectivity index (χ3v) is 4.23. The normalized spacial score (nSPS) is 10.5. The monoisotopic (exact) mass is 376 g/mol. The van der Waals surface area contributed by atoms with Crippen molar-refractivity contribution >= 4 is 29.4 Å². The Bertz CT molecular complexity index is 1010. The molecule has 27 heavy (non-hydrogen) atoms. The number of hydrogen-bond donors (Lipinski definition) is 3. The largest absolute Gasteiger partial charge is 0.480 e. The molecule has 0 amide bonds. The summed E-state index contributed by atoms with van der Waals surface area (Å²) in [6.07, 6.45) is 15.2. The Morgan fingerprint density at radius 3 is 2.96 bits per heavy atom. The number of aromatic nitrogens is 4. The van der Waals surface area contributed by atoms with E-state index in [-0.39, 0.29) is 5.71 Å². The van der Waals surface area contributed by atoms with Crippen molar-refractivity contribution in [3.05, 3.63) is 66.1 Å². The van der Waals surface area contributed by atoms with Gasteiger partial charge in [-0.15, -0.1) is 6.42 Å². The van der Waals surface area contributed by atoms with E-state index in [1.165, 1.54) is 11.9 Å². The van der Waals surface area contributed by atoms with Crippen LogP contribution in [0.2, 0.25) is 0 Å². The molecule has 0 aromatic carbocycles. The van der Waals surface area contributed by atoms with Crippen molar-refractivity contribution in [1.29, 1.82) is 5.41 Å². The molecule has 0 radical (unpaired) electrons. The summed E-state index contributed by atoms with van der Waals surface area (Å²) in [6, 6.07) is 5.60. The zero-order chi connectivity index (χ0) is 19.1. The number of methoxy groups -OCH3 is 1. The van der Waals surface area contributed by atoms with Crippen LogP contribution in [0.15, 0.2) is 54.0 Å². The highest BCUT2D eigenvalue weighted by Gasteiger charge is 2.09. The smallest absolute Gasteiger partial charge is 0.237 e. The number of nitrogens with zero attached hydrogens (tertiary/aromatic N) is 3. The van der Waals surface area contributed by atoms with Gasteiger partial charge >= 0.3 is 0 Å². The van der Waals surface area contributed by atoms with Gasteiger partial charge in [0.05, 0.1) is 19.0 Å². The molecule has 0 unspecified atom stereocenters. The highest BCUT2D eigenvalue weighted by Crippen LogP contribution is 2.28. The minimum absolute atomic E-state index is 0.276. The quantitative estimate of drug-likeness (QED) is 0.332. The van der Waals surface area contributed by atoms with Crippen LogP contribution in [0.4, 0.5) is 5.69 Å². The summed E-state index contributed by atoms with van der Waals surface area (Å²) in [6.45, 7) is 0. The molecule has 3 aromatic heterocycles. The summed E-state index contributed by atoms with van der Waals surface area (Å²) in [5.41, 5.74) is 2.16. The molecule has 0 aliphatic rings. The third kappa shape index (κ3) is 4.74. The fourth-order valence-corrected chi connectivity index (χ4v) is 2.74. The molecule has 7 nitrogen and oxygen atoms in total. The first kappa shape index (κ1) is 18.2. The van der Waals surface area contributed by atoms with Crippen LogP contribution in [0.25, 0.3) is 6.08 Å². The highest BCUT2D eigenvalue weighted by atomic mass is 32.2. The lowest BCUT2D eigenvalue weighted by Crippen LogP contribution is -2.01. The topological polar surface area (TPSA) is 99.6 Å². The van der Waals surface area contributed by atoms with Gasteiger partial charge in [-0.05, 0) is 42.3 Å². The highest BCUT2D eigenvalue weighted by molar-refractivity contribution is 8.00. The van der Waals surface area contributed by atoms with Crippen molar-refractivity contribution in [2.24, 2.45) is 0 Å². The van der Waals surface area contributed by atoms with Crippen molar-refractivity contribution < 1.29 is 4.74 Å². The van der Waals surface area contributed by atoms with Gasteiger partial charge in [0.1, 0.15) is 17.2 Å². The summed E-state index contributed by atoms with van der Waals surface area (Å²) >= 11 is 1.38. The number of ether oxygens (including phenoxy) is 1. The first-order valence-electron chi connectivity index (χ1n) is 7.85. The van der Waals surface area contributed by atoms with Crippen LogP contribution in [0.1, 0.15) is 17.1 Å². The first-order chi connectivity index (χ1) is 13.2. The number of allylic oxidation sites excluding steroid dienone is 1. The Morgan fingerprint density at radius 2 is 2.26 bits per heavy atom. The summed E-state index contributed by atoms with van der Waals surface area (Å²) in [5, 5.41) is 8.26. The average Bonchev–Trinajstić information content (AvgIpc) is 3.19. The summed E-state index contributed by atoms with van der Waals surface area (Å²) < 4.78 is 8.48. The maximum absolute atomic E-state index is 8.26. The molecule has 3 N–H and O–H groups in total. The molecule has 0 aliphatic heterocycles. The number of imidazole rings is 1. The molecular formula is C19H16N6OS.